The molecule has 0 unspecified atom stereocenters. The van der Waals surface area contributed by atoms with Crippen molar-refractivity contribution in [3.8, 4) is 5.75 Å². The van der Waals surface area contributed by atoms with E-state index in [-0.39, 0.29) is 0 Å². The predicted molar refractivity (Wildman–Crippen MR) is 56.2 cm³/mol. The van der Waals surface area contributed by atoms with E-state index in [1.165, 1.54) is 6.07 Å². The first-order valence-electron chi connectivity index (χ1n) is 4.24. The molecule has 0 bridgehead atoms. The fourth-order valence-electron chi connectivity index (χ4n) is 0.794. The molecule has 1 rings (SSSR count). The van der Waals surface area contributed by atoms with Crippen molar-refractivity contribution in [3.63, 3.8) is 0 Å². The zero-order chi connectivity index (χ0) is 10.6. The topological polar surface area (TPSA) is 46.5 Å². The molecule has 14 heavy (non-hydrogen) atoms. The lowest BCUT2D eigenvalue weighted by molar-refractivity contribution is 0.0702. The SMILES string of the molecule is C=C(CC)COc1csc(C(=O)O)c1. The third-order valence-corrected chi connectivity index (χ3v) is 2.63. The Bertz CT molecular complexity index is 341. The summed E-state index contributed by atoms with van der Waals surface area (Å²) >= 11 is 1.16. The van der Waals surface area contributed by atoms with Crippen LogP contribution in [0.25, 0.3) is 0 Å². The van der Waals surface area contributed by atoms with Crippen LogP contribution in [-0.4, -0.2) is 17.7 Å². The largest absolute Gasteiger partial charge is 0.488 e. The second-order valence-electron chi connectivity index (χ2n) is 2.84. The van der Waals surface area contributed by atoms with Gasteiger partial charge in [-0.25, -0.2) is 4.79 Å². The van der Waals surface area contributed by atoms with E-state index >= 15 is 0 Å². The molecule has 3 nitrogen and oxygen atoms in total. The van der Waals surface area contributed by atoms with Crippen molar-refractivity contribution in [1.82, 2.24) is 0 Å². The van der Waals surface area contributed by atoms with Gasteiger partial charge in [-0.15, -0.1) is 11.3 Å². The van der Waals surface area contributed by atoms with E-state index in [0.29, 0.717) is 17.2 Å². The number of ether oxygens (including phenoxy) is 1. The zero-order valence-corrected chi connectivity index (χ0v) is 8.76. The third kappa shape index (κ3) is 2.88. The van der Waals surface area contributed by atoms with E-state index in [1.54, 1.807) is 5.38 Å². The van der Waals surface area contributed by atoms with E-state index in [0.717, 1.165) is 23.3 Å². The molecule has 0 aliphatic rings. The lowest BCUT2D eigenvalue weighted by Gasteiger charge is -2.03. The number of hydrogen-bond donors (Lipinski definition) is 1. The van der Waals surface area contributed by atoms with Crippen LogP contribution in [0.3, 0.4) is 0 Å². The van der Waals surface area contributed by atoms with Gasteiger partial charge in [0.05, 0.1) is 0 Å². The minimum Gasteiger partial charge on any atom is -0.488 e. The molecule has 0 amide bonds. The van der Waals surface area contributed by atoms with Crippen molar-refractivity contribution in [1.29, 1.82) is 0 Å². The maximum absolute atomic E-state index is 10.5. The van der Waals surface area contributed by atoms with Crippen LogP contribution in [-0.2, 0) is 0 Å². The number of aromatic carboxylic acids is 1. The smallest absolute Gasteiger partial charge is 0.346 e. The second-order valence-corrected chi connectivity index (χ2v) is 3.76. The Balaban J connectivity index is 2.52. The molecule has 0 spiro atoms. The summed E-state index contributed by atoms with van der Waals surface area (Å²) in [4.78, 5) is 10.8. The highest BCUT2D eigenvalue weighted by molar-refractivity contribution is 7.12. The Labute approximate surface area is 86.6 Å². The first kappa shape index (κ1) is 10.8. The Morgan fingerprint density at radius 3 is 2.93 bits per heavy atom. The highest BCUT2D eigenvalue weighted by Gasteiger charge is 2.07. The van der Waals surface area contributed by atoms with Crippen LogP contribution in [0.2, 0.25) is 0 Å². The molecule has 76 valence electrons. The van der Waals surface area contributed by atoms with Crippen molar-refractivity contribution < 1.29 is 14.6 Å². The molecule has 0 aliphatic carbocycles. The van der Waals surface area contributed by atoms with E-state index in [2.05, 4.69) is 6.58 Å². The van der Waals surface area contributed by atoms with Crippen molar-refractivity contribution in [3.05, 3.63) is 28.5 Å². The van der Waals surface area contributed by atoms with Gasteiger partial charge in [-0.3, -0.25) is 0 Å². The van der Waals surface area contributed by atoms with Crippen LogP contribution >= 0.6 is 11.3 Å². The number of hydrogen-bond acceptors (Lipinski definition) is 3. The molecule has 0 saturated heterocycles. The van der Waals surface area contributed by atoms with E-state index in [1.807, 2.05) is 6.92 Å². The van der Waals surface area contributed by atoms with Gasteiger partial charge < -0.3 is 9.84 Å². The van der Waals surface area contributed by atoms with Crippen molar-refractivity contribution in [2.75, 3.05) is 6.61 Å². The standard InChI is InChI=1S/C10H12O3S/c1-3-7(2)5-13-8-4-9(10(11)12)14-6-8/h4,6H,2-3,5H2,1H3,(H,11,12). The molecular formula is C10H12O3S. The first-order valence-corrected chi connectivity index (χ1v) is 5.12. The van der Waals surface area contributed by atoms with Gasteiger partial charge in [-0.1, -0.05) is 13.5 Å². The summed E-state index contributed by atoms with van der Waals surface area (Å²) in [6.07, 6.45) is 0.871. The second kappa shape index (κ2) is 4.81. The molecule has 0 atom stereocenters. The van der Waals surface area contributed by atoms with Gasteiger partial charge in [0.2, 0.25) is 0 Å². The fraction of sp³-hybridized carbons (Fsp3) is 0.300. The summed E-state index contributed by atoms with van der Waals surface area (Å²) in [6.45, 7) is 6.24. The zero-order valence-electron chi connectivity index (χ0n) is 7.95. The Kier molecular flexibility index (Phi) is 3.71. The summed E-state index contributed by atoms with van der Waals surface area (Å²) in [7, 11) is 0. The Morgan fingerprint density at radius 1 is 1.71 bits per heavy atom. The van der Waals surface area contributed by atoms with Gasteiger partial charge in [0.1, 0.15) is 17.2 Å². The van der Waals surface area contributed by atoms with Crippen molar-refractivity contribution >= 4 is 17.3 Å². The van der Waals surface area contributed by atoms with E-state index in [4.69, 9.17) is 9.84 Å². The molecule has 0 aromatic carbocycles. The monoisotopic (exact) mass is 212 g/mol. The number of carbonyl (C=O) groups is 1. The number of thiophene rings is 1. The van der Waals surface area contributed by atoms with Gasteiger partial charge in [-0.05, 0) is 12.0 Å². The van der Waals surface area contributed by atoms with Gasteiger partial charge in [0, 0.05) is 11.4 Å². The average molecular weight is 212 g/mol. The van der Waals surface area contributed by atoms with Crippen LogP contribution in [0.15, 0.2) is 23.6 Å². The molecule has 1 aromatic heterocycles. The lowest BCUT2D eigenvalue weighted by atomic mass is 10.2. The summed E-state index contributed by atoms with van der Waals surface area (Å²) in [5.41, 5.74) is 0.994. The van der Waals surface area contributed by atoms with Crippen molar-refractivity contribution in [2.45, 2.75) is 13.3 Å². The normalized spacial score (nSPS) is 9.79. The Hall–Kier alpha value is -1.29. The average Bonchev–Trinajstić information content (AvgIpc) is 2.62. The number of carboxylic acids is 1. The van der Waals surface area contributed by atoms with Gasteiger partial charge in [-0.2, -0.15) is 0 Å². The summed E-state index contributed by atoms with van der Waals surface area (Å²) < 4.78 is 5.34. The third-order valence-electron chi connectivity index (χ3n) is 1.73. The molecule has 1 N–H and O–H groups in total. The van der Waals surface area contributed by atoms with E-state index in [9.17, 15) is 4.79 Å². The maximum Gasteiger partial charge on any atom is 0.346 e. The van der Waals surface area contributed by atoms with Gasteiger partial charge >= 0.3 is 5.97 Å². The summed E-state index contributed by atoms with van der Waals surface area (Å²) in [5.74, 6) is -0.318. The predicted octanol–water partition coefficient (Wildman–Crippen LogP) is 2.79. The van der Waals surface area contributed by atoms with Crippen LogP contribution in [0.1, 0.15) is 23.0 Å². The molecule has 1 heterocycles. The summed E-state index contributed by atoms with van der Waals surface area (Å²) in [5, 5.41) is 10.3. The molecule has 0 fully saturated rings. The fourth-order valence-corrected chi connectivity index (χ4v) is 1.46. The highest BCUT2D eigenvalue weighted by atomic mass is 32.1. The lowest BCUT2D eigenvalue weighted by Crippen LogP contribution is -1.98. The van der Waals surface area contributed by atoms with Gasteiger partial charge in [0.25, 0.3) is 0 Å². The van der Waals surface area contributed by atoms with Gasteiger partial charge in [0.15, 0.2) is 0 Å². The maximum atomic E-state index is 10.5. The van der Waals surface area contributed by atoms with Crippen LogP contribution < -0.4 is 4.74 Å². The molecule has 1 aromatic rings. The Morgan fingerprint density at radius 2 is 2.43 bits per heavy atom. The molecule has 0 saturated carbocycles. The minimum atomic E-state index is -0.917. The minimum absolute atomic E-state index is 0.294. The number of carboxylic acid groups (broad SMARTS) is 1. The van der Waals surface area contributed by atoms with Crippen LogP contribution in [0.5, 0.6) is 5.75 Å². The quantitative estimate of drug-likeness (QED) is 0.763. The molecule has 4 heteroatoms. The van der Waals surface area contributed by atoms with E-state index < -0.39 is 5.97 Å². The van der Waals surface area contributed by atoms with Crippen molar-refractivity contribution in [2.24, 2.45) is 0 Å². The number of rotatable bonds is 5. The summed E-state index contributed by atoms with van der Waals surface area (Å²) in [6, 6.07) is 1.52. The van der Waals surface area contributed by atoms with Crippen LogP contribution in [0, 0.1) is 0 Å². The molecular weight excluding hydrogens is 200 g/mol. The molecule has 0 aliphatic heterocycles. The first-order chi connectivity index (χ1) is 6.63. The molecule has 0 radical (unpaired) electrons. The highest BCUT2D eigenvalue weighted by Crippen LogP contribution is 2.21. The van der Waals surface area contributed by atoms with Crippen LogP contribution in [0.4, 0.5) is 0 Å².